The number of amides is 1. The van der Waals surface area contributed by atoms with Crippen molar-refractivity contribution in [2.24, 2.45) is 5.92 Å². The van der Waals surface area contributed by atoms with E-state index in [1.165, 1.54) is 0 Å². The Morgan fingerprint density at radius 2 is 1.80 bits per heavy atom. The molecule has 0 saturated heterocycles. The van der Waals surface area contributed by atoms with Crippen LogP contribution in [0, 0.1) is 5.92 Å². The summed E-state index contributed by atoms with van der Waals surface area (Å²) in [5.41, 5.74) is -0.472. The predicted octanol–water partition coefficient (Wildman–Crippen LogP) is 1.93. The highest BCUT2D eigenvalue weighted by atomic mass is 16.2. The van der Waals surface area contributed by atoms with Crippen LogP contribution >= 0.6 is 0 Å². The zero-order chi connectivity index (χ0) is 12.1. The molecule has 15 heavy (non-hydrogen) atoms. The molecule has 1 amide bonds. The van der Waals surface area contributed by atoms with Gasteiger partial charge in [0.05, 0.1) is 5.54 Å². The molecule has 0 spiro atoms. The van der Waals surface area contributed by atoms with Crippen molar-refractivity contribution in [1.29, 1.82) is 0 Å². The number of hydrogen-bond acceptors (Lipinski definition) is 2. The van der Waals surface area contributed by atoms with E-state index in [1.54, 1.807) is 0 Å². The van der Waals surface area contributed by atoms with Crippen LogP contribution in [0.4, 0.5) is 0 Å². The fraction of sp³-hybridized carbons (Fsp3) is 0.917. The summed E-state index contributed by atoms with van der Waals surface area (Å²) in [6, 6.07) is 0.246. The Bertz CT molecular complexity index is 200. The molecule has 3 heteroatoms. The molecular weight excluding hydrogens is 188 g/mol. The summed E-state index contributed by atoms with van der Waals surface area (Å²) in [7, 11) is 0. The highest BCUT2D eigenvalue weighted by Gasteiger charge is 2.26. The molecule has 0 aromatic heterocycles. The van der Waals surface area contributed by atoms with Gasteiger partial charge in [0.15, 0.2) is 0 Å². The first-order valence-electron chi connectivity index (χ1n) is 5.85. The van der Waals surface area contributed by atoms with Crippen molar-refractivity contribution < 1.29 is 4.79 Å². The van der Waals surface area contributed by atoms with Crippen molar-refractivity contribution >= 4 is 5.91 Å². The second-order valence-corrected chi connectivity index (χ2v) is 5.16. The third-order valence-electron chi connectivity index (χ3n) is 2.39. The molecule has 0 rings (SSSR count). The van der Waals surface area contributed by atoms with Gasteiger partial charge in [-0.05, 0) is 39.7 Å². The van der Waals surface area contributed by atoms with Crippen LogP contribution in [0.5, 0.6) is 0 Å². The van der Waals surface area contributed by atoms with E-state index >= 15 is 0 Å². The van der Waals surface area contributed by atoms with Gasteiger partial charge in [-0.15, -0.1) is 0 Å². The summed E-state index contributed by atoms with van der Waals surface area (Å²) in [6.07, 6.45) is 1.02. The topological polar surface area (TPSA) is 41.1 Å². The Morgan fingerprint density at radius 1 is 1.27 bits per heavy atom. The number of rotatable bonds is 6. The van der Waals surface area contributed by atoms with Crippen LogP contribution in [0.1, 0.15) is 48.0 Å². The van der Waals surface area contributed by atoms with Crippen molar-refractivity contribution in [2.45, 2.75) is 59.5 Å². The highest BCUT2D eigenvalue weighted by molar-refractivity contribution is 5.85. The minimum absolute atomic E-state index is 0.0810. The number of carbonyl (C=O) groups is 1. The number of nitrogens with one attached hydrogen (secondary N) is 2. The summed E-state index contributed by atoms with van der Waals surface area (Å²) in [4.78, 5) is 11.9. The Labute approximate surface area is 94.0 Å². The van der Waals surface area contributed by atoms with E-state index in [9.17, 15) is 4.79 Å². The van der Waals surface area contributed by atoms with E-state index in [0.29, 0.717) is 5.92 Å². The summed E-state index contributed by atoms with van der Waals surface area (Å²) < 4.78 is 0. The van der Waals surface area contributed by atoms with E-state index < -0.39 is 5.54 Å². The summed E-state index contributed by atoms with van der Waals surface area (Å²) in [5.74, 6) is 0.694. The molecule has 90 valence electrons. The molecule has 1 unspecified atom stereocenters. The third kappa shape index (κ3) is 5.78. The van der Waals surface area contributed by atoms with Crippen LogP contribution in [-0.2, 0) is 4.79 Å². The summed E-state index contributed by atoms with van der Waals surface area (Å²) in [5, 5.41) is 6.20. The van der Waals surface area contributed by atoms with Crippen LogP contribution in [0.15, 0.2) is 0 Å². The molecule has 3 nitrogen and oxygen atoms in total. The first-order chi connectivity index (χ1) is 6.79. The Balaban J connectivity index is 4.11. The van der Waals surface area contributed by atoms with Gasteiger partial charge in [0.25, 0.3) is 0 Å². The van der Waals surface area contributed by atoms with Gasteiger partial charge in [-0.2, -0.15) is 0 Å². The Morgan fingerprint density at radius 3 is 2.20 bits per heavy atom. The number of carbonyl (C=O) groups excluding carboxylic acids is 1. The van der Waals surface area contributed by atoms with Gasteiger partial charge in [-0.1, -0.05) is 20.8 Å². The van der Waals surface area contributed by atoms with Crippen molar-refractivity contribution in [3.8, 4) is 0 Å². The largest absolute Gasteiger partial charge is 0.352 e. The van der Waals surface area contributed by atoms with Gasteiger partial charge in [-0.3, -0.25) is 4.79 Å². The number of likely N-dealkylation sites (N-methyl/N-ethyl adjacent to an activating group) is 1. The van der Waals surface area contributed by atoms with Crippen molar-refractivity contribution in [1.82, 2.24) is 10.6 Å². The zero-order valence-electron chi connectivity index (χ0n) is 11.0. The smallest absolute Gasteiger partial charge is 0.239 e. The van der Waals surface area contributed by atoms with Crippen molar-refractivity contribution in [3.05, 3.63) is 0 Å². The minimum atomic E-state index is -0.472. The van der Waals surface area contributed by atoms with Gasteiger partial charge >= 0.3 is 0 Å². The van der Waals surface area contributed by atoms with Gasteiger partial charge in [0.2, 0.25) is 5.91 Å². The highest BCUT2D eigenvalue weighted by Crippen LogP contribution is 2.07. The van der Waals surface area contributed by atoms with Crippen molar-refractivity contribution in [3.63, 3.8) is 0 Å². The first-order valence-corrected chi connectivity index (χ1v) is 5.85. The molecular formula is C12H26N2O. The zero-order valence-corrected chi connectivity index (χ0v) is 11.0. The van der Waals surface area contributed by atoms with Crippen molar-refractivity contribution in [2.75, 3.05) is 6.54 Å². The minimum Gasteiger partial charge on any atom is -0.352 e. The second-order valence-electron chi connectivity index (χ2n) is 5.16. The van der Waals surface area contributed by atoms with E-state index in [1.807, 2.05) is 20.8 Å². The van der Waals surface area contributed by atoms with Gasteiger partial charge in [0.1, 0.15) is 0 Å². The van der Waals surface area contributed by atoms with Crippen LogP contribution in [0.2, 0.25) is 0 Å². The fourth-order valence-electron chi connectivity index (χ4n) is 1.69. The molecule has 0 aliphatic carbocycles. The maximum absolute atomic E-state index is 11.9. The Kier molecular flexibility index (Phi) is 5.88. The maximum Gasteiger partial charge on any atom is 0.239 e. The number of hydrogen-bond donors (Lipinski definition) is 2. The molecule has 0 saturated carbocycles. The average Bonchev–Trinajstić information content (AvgIpc) is 2.01. The lowest BCUT2D eigenvalue weighted by molar-refractivity contribution is -0.127. The molecule has 0 radical (unpaired) electrons. The normalized spacial score (nSPS) is 14.1. The van der Waals surface area contributed by atoms with E-state index in [0.717, 1.165) is 13.0 Å². The molecule has 0 bridgehead atoms. The molecule has 1 atom stereocenters. The summed E-state index contributed by atoms with van der Waals surface area (Å²) >= 11 is 0. The second kappa shape index (κ2) is 6.11. The molecule has 0 heterocycles. The van der Waals surface area contributed by atoms with E-state index in [2.05, 4.69) is 31.4 Å². The molecule has 0 aliphatic rings. The lowest BCUT2D eigenvalue weighted by Gasteiger charge is -2.27. The van der Waals surface area contributed by atoms with Gasteiger partial charge in [0, 0.05) is 6.04 Å². The van der Waals surface area contributed by atoms with Crippen LogP contribution in [0.3, 0.4) is 0 Å². The predicted molar refractivity (Wildman–Crippen MR) is 64.8 cm³/mol. The molecule has 2 N–H and O–H groups in total. The molecule has 0 aromatic carbocycles. The summed E-state index contributed by atoms with van der Waals surface area (Å²) in [6.45, 7) is 13.0. The lowest BCUT2D eigenvalue weighted by Crippen LogP contribution is -2.54. The first kappa shape index (κ1) is 14.4. The third-order valence-corrected chi connectivity index (χ3v) is 2.39. The fourth-order valence-corrected chi connectivity index (χ4v) is 1.69. The molecule has 0 aliphatic heterocycles. The molecule has 0 fully saturated rings. The van der Waals surface area contributed by atoms with Gasteiger partial charge in [-0.25, -0.2) is 0 Å². The average molecular weight is 214 g/mol. The standard InChI is InChI=1S/C12H26N2O/c1-7-13-12(5,6)11(15)14-10(4)8-9(2)3/h9-10,13H,7-8H2,1-6H3,(H,14,15). The maximum atomic E-state index is 11.9. The lowest BCUT2D eigenvalue weighted by atomic mass is 10.0. The van der Waals surface area contributed by atoms with E-state index in [-0.39, 0.29) is 11.9 Å². The van der Waals surface area contributed by atoms with Crippen LogP contribution in [0.25, 0.3) is 0 Å². The monoisotopic (exact) mass is 214 g/mol. The van der Waals surface area contributed by atoms with Gasteiger partial charge < -0.3 is 10.6 Å². The quantitative estimate of drug-likeness (QED) is 0.709. The van der Waals surface area contributed by atoms with Crippen LogP contribution < -0.4 is 10.6 Å². The van der Waals surface area contributed by atoms with Crippen LogP contribution in [-0.4, -0.2) is 24.0 Å². The molecule has 0 aromatic rings. The van der Waals surface area contributed by atoms with E-state index in [4.69, 9.17) is 0 Å². The SMILES string of the molecule is CCNC(C)(C)C(=O)NC(C)CC(C)C. The Hall–Kier alpha value is -0.570.